The molecule has 98 valence electrons. The number of aromatic nitrogens is 5. The van der Waals surface area contributed by atoms with Crippen LogP contribution in [-0.4, -0.2) is 25.0 Å². The molecule has 0 atom stereocenters. The van der Waals surface area contributed by atoms with Gasteiger partial charge in [0.15, 0.2) is 16.9 Å². The lowest BCUT2D eigenvalue weighted by Crippen LogP contribution is -1.97. The van der Waals surface area contributed by atoms with Crippen LogP contribution in [0.15, 0.2) is 40.6 Å². The number of rotatable bonds is 2. The van der Waals surface area contributed by atoms with E-state index in [-0.39, 0.29) is 0 Å². The Bertz CT molecular complexity index is 877. The minimum absolute atomic E-state index is 0.634. The summed E-state index contributed by atoms with van der Waals surface area (Å²) in [5.74, 6) is 0.660. The fourth-order valence-electron chi connectivity index (χ4n) is 2.06. The Morgan fingerprint density at radius 1 is 1.25 bits per heavy atom. The first-order valence-corrected chi connectivity index (χ1v) is 6.87. The molecule has 0 spiro atoms. The van der Waals surface area contributed by atoms with E-state index in [1.54, 1.807) is 22.3 Å². The molecule has 4 heterocycles. The van der Waals surface area contributed by atoms with Gasteiger partial charge in [-0.05, 0) is 36.1 Å². The highest BCUT2D eigenvalue weighted by atomic mass is 32.1. The van der Waals surface area contributed by atoms with Crippen molar-refractivity contribution in [3.05, 3.63) is 41.7 Å². The largest absolute Gasteiger partial charge is 0.463 e. The van der Waals surface area contributed by atoms with Crippen LogP contribution in [0.4, 0.5) is 0 Å². The molecule has 6 nitrogen and oxygen atoms in total. The van der Waals surface area contributed by atoms with Gasteiger partial charge >= 0.3 is 0 Å². The maximum Gasteiger partial charge on any atom is 0.188 e. The predicted molar refractivity (Wildman–Crippen MR) is 74.8 cm³/mol. The zero-order valence-corrected chi connectivity index (χ0v) is 11.3. The van der Waals surface area contributed by atoms with Crippen LogP contribution < -0.4 is 0 Å². The molecule has 20 heavy (non-hydrogen) atoms. The first kappa shape index (κ1) is 11.3. The molecule has 0 aliphatic rings. The number of furan rings is 1. The standard InChI is InChI=1S/C13H9N5OS/c1-8-4-6-20-13(8)18-12-11(16-17-18)10(14-7-15-12)9-3-2-5-19-9/h2-7H,1H3. The maximum absolute atomic E-state index is 5.39. The van der Waals surface area contributed by atoms with Crippen molar-refractivity contribution in [1.82, 2.24) is 25.0 Å². The first-order valence-electron chi connectivity index (χ1n) is 5.99. The Hall–Kier alpha value is -2.54. The van der Waals surface area contributed by atoms with Gasteiger partial charge in [-0.3, -0.25) is 0 Å². The summed E-state index contributed by atoms with van der Waals surface area (Å²) in [5.41, 5.74) is 3.10. The van der Waals surface area contributed by atoms with Crippen molar-refractivity contribution in [3.63, 3.8) is 0 Å². The van der Waals surface area contributed by atoms with E-state index in [1.807, 2.05) is 30.5 Å². The zero-order chi connectivity index (χ0) is 13.5. The van der Waals surface area contributed by atoms with E-state index in [1.165, 1.54) is 6.33 Å². The van der Waals surface area contributed by atoms with Crippen LogP contribution in [0.1, 0.15) is 5.56 Å². The Balaban J connectivity index is 1.99. The minimum Gasteiger partial charge on any atom is -0.463 e. The lowest BCUT2D eigenvalue weighted by molar-refractivity contribution is 0.580. The van der Waals surface area contributed by atoms with Crippen molar-refractivity contribution in [2.24, 2.45) is 0 Å². The fourth-order valence-corrected chi connectivity index (χ4v) is 2.94. The average Bonchev–Trinajstić information content (AvgIpc) is 3.17. The second kappa shape index (κ2) is 4.24. The predicted octanol–water partition coefficient (Wildman–Crippen LogP) is 2.84. The Labute approximate surface area is 117 Å². The molecule has 0 radical (unpaired) electrons. The van der Waals surface area contributed by atoms with Crippen LogP contribution in [0.5, 0.6) is 0 Å². The van der Waals surface area contributed by atoms with E-state index >= 15 is 0 Å². The summed E-state index contributed by atoms with van der Waals surface area (Å²) in [7, 11) is 0. The number of hydrogen-bond donors (Lipinski definition) is 0. The third-order valence-corrected chi connectivity index (χ3v) is 4.01. The van der Waals surface area contributed by atoms with Gasteiger partial charge in [0.1, 0.15) is 17.0 Å². The van der Waals surface area contributed by atoms with Crippen molar-refractivity contribution >= 4 is 22.5 Å². The molecule has 4 rings (SSSR count). The highest BCUT2D eigenvalue weighted by Crippen LogP contribution is 2.27. The number of fused-ring (bicyclic) bond motifs is 1. The number of hydrogen-bond acceptors (Lipinski definition) is 6. The SMILES string of the molecule is Cc1ccsc1-n1nnc2c(-c3ccco3)ncnc21. The summed E-state index contributed by atoms with van der Waals surface area (Å²) in [6.07, 6.45) is 3.11. The van der Waals surface area contributed by atoms with Crippen LogP contribution in [0.25, 0.3) is 27.6 Å². The molecule has 4 aromatic heterocycles. The van der Waals surface area contributed by atoms with Crippen molar-refractivity contribution < 1.29 is 4.42 Å². The summed E-state index contributed by atoms with van der Waals surface area (Å²) in [6.45, 7) is 2.04. The molecule has 0 saturated heterocycles. The Morgan fingerprint density at radius 2 is 2.20 bits per heavy atom. The lowest BCUT2D eigenvalue weighted by Gasteiger charge is -2.00. The van der Waals surface area contributed by atoms with Crippen LogP contribution in [0, 0.1) is 6.92 Å². The summed E-state index contributed by atoms with van der Waals surface area (Å²) in [5, 5.41) is 11.4. The second-order valence-electron chi connectivity index (χ2n) is 4.28. The van der Waals surface area contributed by atoms with Crippen molar-refractivity contribution in [2.45, 2.75) is 6.92 Å². The van der Waals surface area contributed by atoms with Gasteiger partial charge < -0.3 is 4.42 Å². The molecule has 0 saturated carbocycles. The van der Waals surface area contributed by atoms with Gasteiger partial charge in [-0.1, -0.05) is 5.21 Å². The van der Waals surface area contributed by atoms with E-state index in [4.69, 9.17) is 4.42 Å². The van der Waals surface area contributed by atoms with Crippen LogP contribution in [0.3, 0.4) is 0 Å². The van der Waals surface area contributed by atoms with E-state index < -0.39 is 0 Å². The summed E-state index contributed by atoms with van der Waals surface area (Å²) >= 11 is 1.60. The first-order chi connectivity index (χ1) is 9.84. The molecule has 0 N–H and O–H groups in total. The van der Waals surface area contributed by atoms with Gasteiger partial charge in [-0.25, -0.2) is 9.97 Å². The molecule has 7 heteroatoms. The molecule has 0 aromatic carbocycles. The van der Waals surface area contributed by atoms with E-state index in [2.05, 4.69) is 20.3 Å². The smallest absolute Gasteiger partial charge is 0.188 e. The van der Waals surface area contributed by atoms with E-state index in [9.17, 15) is 0 Å². The molecule has 0 fully saturated rings. The van der Waals surface area contributed by atoms with Crippen molar-refractivity contribution in [2.75, 3.05) is 0 Å². The van der Waals surface area contributed by atoms with Crippen molar-refractivity contribution in [1.29, 1.82) is 0 Å². The van der Waals surface area contributed by atoms with Gasteiger partial charge in [0, 0.05) is 0 Å². The van der Waals surface area contributed by atoms with Crippen LogP contribution >= 0.6 is 11.3 Å². The van der Waals surface area contributed by atoms with Crippen LogP contribution in [0.2, 0.25) is 0 Å². The van der Waals surface area contributed by atoms with Crippen molar-refractivity contribution in [3.8, 4) is 16.5 Å². The lowest BCUT2D eigenvalue weighted by atomic mass is 10.3. The number of aryl methyl sites for hydroxylation is 1. The minimum atomic E-state index is 0.634. The Kier molecular flexibility index (Phi) is 2.40. The van der Waals surface area contributed by atoms with Gasteiger partial charge in [0.25, 0.3) is 0 Å². The second-order valence-corrected chi connectivity index (χ2v) is 5.18. The van der Waals surface area contributed by atoms with Gasteiger partial charge in [-0.2, -0.15) is 4.68 Å². The highest BCUT2D eigenvalue weighted by molar-refractivity contribution is 7.12. The topological polar surface area (TPSA) is 69.6 Å². The van der Waals surface area contributed by atoms with E-state index in [0.717, 1.165) is 10.6 Å². The summed E-state index contributed by atoms with van der Waals surface area (Å²) in [6, 6.07) is 5.70. The van der Waals surface area contributed by atoms with Gasteiger partial charge in [0.2, 0.25) is 0 Å². The molecule has 0 aliphatic heterocycles. The highest BCUT2D eigenvalue weighted by Gasteiger charge is 2.17. The average molecular weight is 283 g/mol. The molecule has 0 amide bonds. The third-order valence-electron chi connectivity index (χ3n) is 3.02. The fraction of sp³-hybridized carbons (Fsp3) is 0.0769. The molecule has 4 aromatic rings. The quantitative estimate of drug-likeness (QED) is 0.565. The molecular weight excluding hydrogens is 274 g/mol. The molecule has 0 unspecified atom stereocenters. The molecule has 0 bridgehead atoms. The number of nitrogens with zero attached hydrogens (tertiary/aromatic N) is 5. The number of thiophene rings is 1. The van der Waals surface area contributed by atoms with Crippen LogP contribution in [-0.2, 0) is 0 Å². The summed E-state index contributed by atoms with van der Waals surface area (Å²) < 4.78 is 7.13. The maximum atomic E-state index is 5.39. The van der Waals surface area contributed by atoms with E-state index in [0.29, 0.717) is 22.6 Å². The molecule has 0 aliphatic carbocycles. The monoisotopic (exact) mass is 283 g/mol. The normalized spacial score (nSPS) is 11.2. The van der Waals surface area contributed by atoms with Gasteiger partial charge in [-0.15, -0.1) is 16.4 Å². The zero-order valence-electron chi connectivity index (χ0n) is 10.5. The molecular formula is C13H9N5OS. The third kappa shape index (κ3) is 1.56. The Morgan fingerprint density at radius 3 is 2.95 bits per heavy atom. The summed E-state index contributed by atoms with van der Waals surface area (Å²) in [4.78, 5) is 8.55. The van der Waals surface area contributed by atoms with Gasteiger partial charge in [0.05, 0.1) is 6.26 Å².